The Morgan fingerprint density at radius 1 is 1.11 bits per heavy atom. The Hall–Kier alpha value is -2.29. The number of nitrogens with zero attached hydrogens (tertiary/aromatic N) is 1. The molecule has 188 valence electrons. The Morgan fingerprint density at radius 3 is 2.31 bits per heavy atom. The number of hydrogen-bond donors (Lipinski definition) is 1. The minimum atomic E-state index is -4.84. The van der Waals surface area contributed by atoms with Crippen LogP contribution >= 0.6 is 23.2 Å². The molecule has 2 fully saturated rings. The molecule has 2 aromatic rings. The minimum absolute atomic E-state index is 0.148. The van der Waals surface area contributed by atoms with E-state index < -0.39 is 54.2 Å². The number of carbonyl (C=O) groups is 2. The fraction of sp³-hybridized carbons (Fsp3) is 0.440. The van der Waals surface area contributed by atoms with Gasteiger partial charge in [-0.1, -0.05) is 54.4 Å². The van der Waals surface area contributed by atoms with E-state index in [0.717, 1.165) is 5.56 Å². The molecule has 5 atom stereocenters. The number of ether oxygens (including phenoxy) is 1. The fourth-order valence-electron chi connectivity index (χ4n) is 5.14. The third kappa shape index (κ3) is 5.01. The average Bonchev–Trinajstić information content (AvgIpc) is 2.78. The molecule has 0 radical (unpaired) electrons. The fourth-order valence-corrected chi connectivity index (χ4v) is 5.46. The van der Waals surface area contributed by atoms with Gasteiger partial charge >= 0.3 is 12.1 Å². The van der Waals surface area contributed by atoms with Gasteiger partial charge in [-0.3, -0.25) is 9.59 Å². The van der Waals surface area contributed by atoms with Gasteiger partial charge < -0.3 is 14.7 Å². The SMILES string of the molecule is CCC(CC(O)C(F)(F)F)N1C(=O)C2(CC(=O)O2)CC(c2cccc(Cl)c2)C1c1ccc(Cl)cc1. The van der Waals surface area contributed by atoms with Crippen molar-refractivity contribution in [3.8, 4) is 0 Å². The van der Waals surface area contributed by atoms with Crippen molar-refractivity contribution < 1.29 is 32.6 Å². The Bertz CT molecular complexity index is 1100. The number of halogens is 5. The molecular weight excluding hydrogens is 506 g/mol. The van der Waals surface area contributed by atoms with Crippen molar-refractivity contribution in [2.24, 2.45) is 0 Å². The van der Waals surface area contributed by atoms with E-state index in [4.69, 9.17) is 27.9 Å². The lowest BCUT2D eigenvalue weighted by atomic mass is 9.70. The van der Waals surface area contributed by atoms with E-state index in [9.17, 15) is 27.9 Å². The molecule has 5 unspecified atom stereocenters. The van der Waals surface area contributed by atoms with Gasteiger partial charge in [0.2, 0.25) is 5.60 Å². The number of amides is 1. The van der Waals surface area contributed by atoms with E-state index in [-0.39, 0.29) is 19.3 Å². The summed E-state index contributed by atoms with van der Waals surface area (Å²) >= 11 is 12.3. The van der Waals surface area contributed by atoms with Crippen molar-refractivity contribution in [2.75, 3.05) is 0 Å². The van der Waals surface area contributed by atoms with E-state index >= 15 is 0 Å². The topological polar surface area (TPSA) is 66.8 Å². The molecule has 1 N–H and O–H groups in total. The second-order valence-corrected chi connectivity index (χ2v) is 9.95. The van der Waals surface area contributed by atoms with Crippen LogP contribution < -0.4 is 0 Å². The first-order valence-corrected chi connectivity index (χ1v) is 12.0. The van der Waals surface area contributed by atoms with Crippen LogP contribution in [-0.4, -0.2) is 45.8 Å². The number of benzene rings is 2. The van der Waals surface area contributed by atoms with Crippen LogP contribution in [0.15, 0.2) is 48.5 Å². The Labute approximate surface area is 210 Å². The van der Waals surface area contributed by atoms with Crippen molar-refractivity contribution in [1.82, 2.24) is 4.90 Å². The molecule has 1 spiro atoms. The highest BCUT2D eigenvalue weighted by atomic mass is 35.5. The molecule has 35 heavy (non-hydrogen) atoms. The molecule has 10 heteroatoms. The van der Waals surface area contributed by atoms with E-state index in [0.29, 0.717) is 15.6 Å². The second kappa shape index (κ2) is 9.64. The van der Waals surface area contributed by atoms with Gasteiger partial charge in [-0.15, -0.1) is 0 Å². The normalized spacial score (nSPS) is 26.3. The van der Waals surface area contributed by atoms with Crippen LogP contribution in [0.1, 0.15) is 55.7 Å². The molecule has 0 aromatic heterocycles. The van der Waals surface area contributed by atoms with Crippen LogP contribution in [0.25, 0.3) is 0 Å². The Morgan fingerprint density at radius 2 is 1.77 bits per heavy atom. The number of carbonyl (C=O) groups excluding carboxylic acids is 2. The van der Waals surface area contributed by atoms with Crippen molar-refractivity contribution in [2.45, 2.75) is 68.5 Å². The van der Waals surface area contributed by atoms with Gasteiger partial charge in [0.05, 0.1) is 12.5 Å². The second-order valence-electron chi connectivity index (χ2n) is 9.07. The quantitative estimate of drug-likeness (QED) is 0.478. The van der Waals surface area contributed by atoms with Gasteiger partial charge in [-0.25, -0.2) is 0 Å². The molecule has 2 aliphatic heterocycles. The molecule has 1 amide bonds. The highest BCUT2D eigenvalue weighted by Crippen LogP contribution is 2.53. The number of aliphatic hydroxyl groups excluding tert-OH is 1. The van der Waals surface area contributed by atoms with E-state index in [1.807, 2.05) is 6.07 Å². The van der Waals surface area contributed by atoms with Crippen molar-refractivity contribution in [3.63, 3.8) is 0 Å². The van der Waals surface area contributed by atoms with Gasteiger partial charge in [0.25, 0.3) is 5.91 Å². The first kappa shape index (κ1) is 25.8. The van der Waals surface area contributed by atoms with Crippen LogP contribution in [0.3, 0.4) is 0 Å². The summed E-state index contributed by atoms with van der Waals surface area (Å²) < 4.78 is 45.3. The van der Waals surface area contributed by atoms with Crippen molar-refractivity contribution >= 4 is 35.1 Å². The average molecular weight is 530 g/mol. The maximum atomic E-state index is 13.8. The monoisotopic (exact) mass is 529 g/mol. The summed E-state index contributed by atoms with van der Waals surface area (Å²) in [5.41, 5.74) is -0.0551. The minimum Gasteiger partial charge on any atom is -0.448 e. The van der Waals surface area contributed by atoms with Gasteiger partial charge in [0.15, 0.2) is 6.10 Å². The predicted molar refractivity (Wildman–Crippen MR) is 124 cm³/mol. The molecule has 2 aromatic carbocycles. The molecule has 4 rings (SSSR count). The van der Waals surface area contributed by atoms with Crippen molar-refractivity contribution in [3.05, 3.63) is 69.7 Å². The molecule has 2 saturated heterocycles. The first-order valence-electron chi connectivity index (χ1n) is 11.3. The summed E-state index contributed by atoms with van der Waals surface area (Å²) in [6, 6.07) is 12.1. The molecule has 5 nitrogen and oxygen atoms in total. The Balaban J connectivity index is 1.86. The molecule has 0 bridgehead atoms. The summed E-state index contributed by atoms with van der Waals surface area (Å²) in [4.78, 5) is 27.1. The number of aliphatic hydroxyl groups is 1. The molecular formula is C25H24Cl2F3NO4. The third-order valence-electron chi connectivity index (χ3n) is 6.82. The van der Waals surface area contributed by atoms with E-state index in [2.05, 4.69) is 0 Å². The summed E-state index contributed by atoms with van der Waals surface area (Å²) in [5, 5.41) is 10.8. The smallest absolute Gasteiger partial charge is 0.414 e. The lowest BCUT2D eigenvalue weighted by Crippen LogP contribution is -2.66. The number of likely N-dealkylation sites (tertiary alicyclic amines) is 1. The standard InChI is InChI=1S/C25H24Cl2F3NO4/c1-2-18(11-20(32)25(28,29)30)31-22(14-6-8-16(26)9-7-14)19(15-4-3-5-17(27)10-15)12-24(23(31)34)13-21(33)35-24/h3-10,18-20,22,32H,2,11-13H2,1H3. The Kier molecular flexibility index (Phi) is 7.10. The zero-order chi connectivity index (χ0) is 25.5. The number of esters is 1. The number of hydrogen-bond acceptors (Lipinski definition) is 4. The van der Waals surface area contributed by atoms with Crippen LogP contribution in [0.4, 0.5) is 13.2 Å². The van der Waals surface area contributed by atoms with E-state index in [1.54, 1.807) is 49.4 Å². The van der Waals surface area contributed by atoms with Crippen molar-refractivity contribution in [1.29, 1.82) is 0 Å². The first-order chi connectivity index (χ1) is 16.4. The lowest BCUT2D eigenvalue weighted by Gasteiger charge is -2.54. The number of piperidine rings is 1. The van der Waals surface area contributed by atoms with Crippen LogP contribution in [0, 0.1) is 0 Å². The van der Waals surface area contributed by atoms with Crippen LogP contribution in [-0.2, 0) is 14.3 Å². The van der Waals surface area contributed by atoms with Crippen LogP contribution in [0.2, 0.25) is 10.0 Å². The number of alkyl halides is 3. The maximum absolute atomic E-state index is 13.8. The highest BCUT2D eigenvalue weighted by Gasteiger charge is 2.62. The lowest BCUT2D eigenvalue weighted by molar-refractivity contribution is -0.220. The van der Waals surface area contributed by atoms with Gasteiger partial charge in [0.1, 0.15) is 0 Å². The summed E-state index contributed by atoms with van der Waals surface area (Å²) in [7, 11) is 0. The van der Waals surface area contributed by atoms with Gasteiger partial charge in [-0.05, 0) is 41.8 Å². The van der Waals surface area contributed by atoms with Gasteiger partial charge in [-0.2, -0.15) is 13.2 Å². The molecule has 0 saturated carbocycles. The maximum Gasteiger partial charge on any atom is 0.414 e. The van der Waals surface area contributed by atoms with Gasteiger partial charge in [0, 0.05) is 34.8 Å². The summed E-state index contributed by atoms with van der Waals surface area (Å²) in [5.74, 6) is -1.55. The molecule has 0 aliphatic carbocycles. The summed E-state index contributed by atoms with van der Waals surface area (Å²) in [6.45, 7) is 1.66. The van der Waals surface area contributed by atoms with E-state index in [1.165, 1.54) is 4.90 Å². The zero-order valence-corrected chi connectivity index (χ0v) is 20.3. The third-order valence-corrected chi connectivity index (χ3v) is 7.31. The van der Waals surface area contributed by atoms with Crippen LogP contribution in [0.5, 0.6) is 0 Å². The molecule has 2 heterocycles. The highest BCUT2D eigenvalue weighted by molar-refractivity contribution is 6.30. The largest absolute Gasteiger partial charge is 0.448 e. The zero-order valence-electron chi connectivity index (χ0n) is 18.8. The predicted octanol–water partition coefficient (Wildman–Crippen LogP) is 5.83. The number of rotatable bonds is 6. The molecule has 2 aliphatic rings. The summed E-state index contributed by atoms with van der Waals surface area (Å²) in [6.07, 6.45) is -8.02.